The number of allylic oxidation sites excluding steroid dienone is 1. The first kappa shape index (κ1) is 15.4. The third kappa shape index (κ3) is 3.39. The van der Waals surface area contributed by atoms with Gasteiger partial charge in [-0.05, 0) is 25.8 Å². The van der Waals surface area contributed by atoms with Crippen LogP contribution in [-0.2, 0) is 16.1 Å². The predicted octanol–water partition coefficient (Wildman–Crippen LogP) is 2.91. The van der Waals surface area contributed by atoms with Gasteiger partial charge in [-0.25, -0.2) is 10.0 Å². The van der Waals surface area contributed by atoms with Gasteiger partial charge in [-0.1, -0.05) is 43.3 Å². The Balaban J connectivity index is 2.26. The summed E-state index contributed by atoms with van der Waals surface area (Å²) < 4.78 is 0. The minimum atomic E-state index is -0.358. The van der Waals surface area contributed by atoms with Crippen LogP contribution in [0.5, 0.6) is 0 Å². The Kier molecular flexibility index (Phi) is 4.58. The number of hydrogen-bond donors (Lipinski definition) is 0. The van der Waals surface area contributed by atoms with E-state index < -0.39 is 0 Å². The van der Waals surface area contributed by atoms with E-state index in [4.69, 9.17) is 0 Å². The van der Waals surface area contributed by atoms with E-state index in [9.17, 15) is 9.59 Å². The molecule has 0 aliphatic carbocycles. The van der Waals surface area contributed by atoms with Gasteiger partial charge in [-0.3, -0.25) is 9.59 Å². The lowest BCUT2D eigenvalue weighted by molar-refractivity contribution is -0.157. The molecule has 1 heterocycles. The zero-order valence-corrected chi connectivity index (χ0v) is 12.9. The second-order valence-electron chi connectivity index (χ2n) is 5.89. The standard InChI is InChI=1S/C17H22N2O2/c1-4-5-11-15(20)19-16(21)12-17(2,3)18(19)13-14-9-7-6-8-10-14/h5-11H,4,12-13H2,1-3H3/b11-5+. The molecule has 1 saturated heterocycles. The maximum absolute atomic E-state index is 12.3. The monoisotopic (exact) mass is 286 g/mol. The summed E-state index contributed by atoms with van der Waals surface area (Å²) in [5, 5.41) is 3.16. The Morgan fingerprint density at radius 3 is 2.57 bits per heavy atom. The van der Waals surface area contributed by atoms with Gasteiger partial charge >= 0.3 is 0 Å². The van der Waals surface area contributed by atoms with E-state index in [0.29, 0.717) is 13.0 Å². The van der Waals surface area contributed by atoms with Gasteiger partial charge in [0.05, 0.1) is 0 Å². The van der Waals surface area contributed by atoms with Crippen molar-refractivity contribution in [3.05, 3.63) is 48.0 Å². The second kappa shape index (κ2) is 6.22. The van der Waals surface area contributed by atoms with E-state index in [1.54, 1.807) is 6.08 Å². The summed E-state index contributed by atoms with van der Waals surface area (Å²) in [4.78, 5) is 24.5. The molecule has 0 bridgehead atoms. The molecule has 0 N–H and O–H groups in total. The zero-order valence-electron chi connectivity index (χ0n) is 12.9. The van der Waals surface area contributed by atoms with Gasteiger partial charge < -0.3 is 0 Å². The lowest BCUT2D eigenvalue weighted by Gasteiger charge is -2.34. The van der Waals surface area contributed by atoms with Crippen LogP contribution in [0, 0.1) is 0 Å². The summed E-state index contributed by atoms with van der Waals surface area (Å²) in [7, 11) is 0. The average molecular weight is 286 g/mol. The molecule has 112 valence electrons. The number of carbonyl (C=O) groups is 2. The van der Waals surface area contributed by atoms with Crippen molar-refractivity contribution in [3.8, 4) is 0 Å². The number of hydrazine groups is 1. The lowest BCUT2D eigenvalue weighted by Crippen LogP contribution is -2.48. The second-order valence-corrected chi connectivity index (χ2v) is 5.89. The number of carbonyl (C=O) groups excluding carboxylic acids is 2. The van der Waals surface area contributed by atoms with Crippen LogP contribution in [0.1, 0.15) is 39.2 Å². The molecule has 1 aliphatic rings. The van der Waals surface area contributed by atoms with Crippen molar-refractivity contribution in [2.24, 2.45) is 0 Å². The summed E-state index contributed by atoms with van der Waals surface area (Å²) in [6.45, 7) is 6.49. The molecule has 21 heavy (non-hydrogen) atoms. The maximum atomic E-state index is 12.3. The Bertz CT molecular complexity index is 549. The molecule has 1 aromatic rings. The number of rotatable bonds is 4. The molecule has 0 atom stereocenters. The van der Waals surface area contributed by atoms with E-state index in [1.165, 1.54) is 11.1 Å². The Morgan fingerprint density at radius 2 is 1.95 bits per heavy atom. The predicted molar refractivity (Wildman–Crippen MR) is 82.0 cm³/mol. The molecule has 2 amide bonds. The van der Waals surface area contributed by atoms with Gasteiger partial charge in [-0.2, -0.15) is 0 Å². The molecular weight excluding hydrogens is 264 g/mol. The Hall–Kier alpha value is -1.94. The molecule has 2 rings (SSSR count). The Morgan fingerprint density at radius 1 is 1.29 bits per heavy atom. The molecule has 4 heteroatoms. The summed E-state index contributed by atoms with van der Waals surface area (Å²) >= 11 is 0. The lowest BCUT2D eigenvalue weighted by atomic mass is 10.0. The third-order valence-corrected chi connectivity index (χ3v) is 3.64. The molecule has 0 spiro atoms. The fraction of sp³-hybridized carbons (Fsp3) is 0.412. The van der Waals surface area contributed by atoms with Crippen LogP contribution in [0.15, 0.2) is 42.5 Å². The first-order valence-corrected chi connectivity index (χ1v) is 7.30. The van der Waals surface area contributed by atoms with Crippen molar-refractivity contribution in [1.82, 2.24) is 10.0 Å². The fourth-order valence-corrected chi connectivity index (χ4v) is 2.51. The highest BCUT2D eigenvalue weighted by Crippen LogP contribution is 2.31. The van der Waals surface area contributed by atoms with Crippen molar-refractivity contribution in [2.45, 2.75) is 45.7 Å². The van der Waals surface area contributed by atoms with Crippen molar-refractivity contribution < 1.29 is 9.59 Å². The van der Waals surface area contributed by atoms with E-state index in [-0.39, 0.29) is 17.4 Å². The molecule has 1 aromatic carbocycles. The topological polar surface area (TPSA) is 40.6 Å². The van der Waals surface area contributed by atoms with Crippen molar-refractivity contribution in [1.29, 1.82) is 0 Å². The van der Waals surface area contributed by atoms with Gasteiger partial charge in [0.2, 0.25) is 5.91 Å². The highest BCUT2D eigenvalue weighted by molar-refractivity contribution is 6.01. The van der Waals surface area contributed by atoms with Crippen LogP contribution in [0.25, 0.3) is 0 Å². The van der Waals surface area contributed by atoms with Crippen LogP contribution in [0.3, 0.4) is 0 Å². The van der Waals surface area contributed by atoms with Gasteiger partial charge in [0.1, 0.15) is 0 Å². The molecule has 4 nitrogen and oxygen atoms in total. The van der Waals surface area contributed by atoms with E-state index in [0.717, 1.165) is 12.0 Å². The smallest absolute Gasteiger partial charge is 0.267 e. The van der Waals surface area contributed by atoms with Gasteiger partial charge in [0.25, 0.3) is 5.91 Å². The molecular formula is C17H22N2O2. The normalized spacial score (nSPS) is 18.6. The Labute approximate surface area is 126 Å². The zero-order chi connectivity index (χ0) is 15.5. The number of amides is 2. The van der Waals surface area contributed by atoms with Crippen LogP contribution in [0.2, 0.25) is 0 Å². The van der Waals surface area contributed by atoms with Gasteiger partial charge in [0.15, 0.2) is 0 Å². The highest BCUT2D eigenvalue weighted by atomic mass is 16.2. The summed E-state index contributed by atoms with van der Waals surface area (Å²) in [6.07, 6.45) is 4.39. The fourth-order valence-electron chi connectivity index (χ4n) is 2.51. The minimum absolute atomic E-state index is 0.137. The van der Waals surface area contributed by atoms with Gasteiger partial charge in [-0.15, -0.1) is 0 Å². The summed E-state index contributed by atoms with van der Waals surface area (Å²) in [5.41, 5.74) is 0.723. The van der Waals surface area contributed by atoms with Crippen molar-refractivity contribution in [2.75, 3.05) is 0 Å². The first-order chi connectivity index (χ1) is 9.95. The molecule has 0 aromatic heterocycles. The average Bonchev–Trinajstić information content (AvgIpc) is 2.67. The molecule has 0 unspecified atom stereocenters. The van der Waals surface area contributed by atoms with Crippen LogP contribution < -0.4 is 0 Å². The summed E-state index contributed by atoms with van der Waals surface area (Å²) in [5.74, 6) is -0.398. The molecule has 1 aliphatic heterocycles. The molecule has 0 saturated carbocycles. The number of nitrogens with zero attached hydrogens (tertiary/aromatic N) is 2. The van der Waals surface area contributed by atoms with E-state index >= 15 is 0 Å². The van der Waals surface area contributed by atoms with Crippen molar-refractivity contribution in [3.63, 3.8) is 0 Å². The number of hydrogen-bond acceptors (Lipinski definition) is 3. The van der Waals surface area contributed by atoms with Crippen LogP contribution in [0.4, 0.5) is 0 Å². The van der Waals surface area contributed by atoms with Crippen LogP contribution in [-0.4, -0.2) is 27.4 Å². The van der Waals surface area contributed by atoms with Crippen LogP contribution >= 0.6 is 0 Å². The third-order valence-electron chi connectivity index (χ3n) is 3.64. The summed E-state index contributed by atoms with van der Waals surface area (Å²) in [6, 6.07) is 9.89. The largest absolute Gasteiger partial charge is 0.273 e. The van der Waals surface area contributed by atoms with Gasteiger partial charge in [0, 0.05) is 24.6 Å². The van der Waals surface area contributed by atoms with E-state index in [1.807, 2.05) is 56.1 Å². The number of imide groups is 1. The highest BCUT2D eigenvalue weighted by Gasteiger charge is 2.45. The van der Waals surface area contributed by atoms with E-state index in [2.05, 4.69) is 0 Å². The maximum Gasteiger partial charge on any atom is 0.267 e. The molecule has 0 radical (unpaired) electrons. The molecule has 1 fully saturated rings. The minimum Gasteiger partial charge on any atom is -0.273 e. The van der Waals surface area contributed by atoms with Crippen molar-refractivity contribution >= 4 is 11.8 Å². The quantitative estimate of drug-likeness (QED) is 0.799. The number of benzene rings is 1. The first-order valence-electron chi connectivity index (χ1n) is 7.30. The SMILES string of the molecule is CC/C=C/C(=O)N1C(=O)CC(C)(C)N1Cc1ccccc1.